The summed E-state index contributed by atoms with van der Waals surface area (Å²) < 4.78 is 2.06. The van der Waals surface area contributed by atoms with E-state index in [0.29, 0.717) is 6.04 Å². The van der Waals surface area contributed by atoms with Crippen molar-refractivity contribution < 1.29 is 0 Å². The monoisotopic (exact) mass is 381 g/mol. The molecule has 2 aliphatic rings. The van der Waals surface area contributed by atoms with Crippen LogP contribution in [0.2, 0.25) is 5.02 Å². The van der Waals surface area contributed by atoms with Gasteiger partial charge < -0.3 is 10.2 Å². The second-order valence-corrected chi connectivity index (χ2v) is 8.12. The minimum absolute atomic E-state index is 0.504. The fraction of sp³-hybridized carbons (Fsp3) is 0.429. The van der Waals surface area contributed by atoms with Crippen LogP contribution < -0.4 is 10.2 Å². The van der Waals surface area contributed by atoms with E-state index in [1.165, 1.54) is 18.5 Å². The van der Waals surface area contributed by atoms with E-state index in [4.69, 9.17) is 11.6 Å². The number of hydrogen-bond donors (Lipinski definition) is 1. The Labute approximate surface area is 164 Å². The number of para-hydroxylation sites is 1. The first-order valence-corrected chi connectivity index (χ1v) is 10.2. The maximum atomic E-state index is 6.73. The molecule has 0 spiro atoms. The maximum absolute atomic E-state index is 6.73. The van der Waals surface area contributed by atoms with Gasteiger partial charge in [-0.15, -0.1) is 10.2 Å². The van der Waals surface area contributed by atoms with Gasteiger partial charge in [0.25, 0.3) is 0 Å². The molecule has 0 radical (unpaired) electrons. The highest BCUT2D eigenvalue weighted by atomic mass is 35.5. The van der Waals surface area contributed by atoms with E-state index in [-0.39, 0.29) is 0 Å². The molecule has 140 valence electrons. The zero-order valence-corrected chi connectivity index (χ0v) is 16.1. The number of piperidine rings is 1. The highest BCUT2D eigenvalue weighted by Crippen LogP contribution is 2.35. The number of aromatic nitrogens is 3. The molecule has 27 heavy (non-hydrogen) atoms. The molecule has 0 amide bonds. The lowest BCUT2D eigenvalue weighted by atomic mass is 10.0. The summed E-state index contributed by atoms with van der Waals surface area (Å²) >= 11 is 6.73. The Kier molecular flexibility index (Phi) is 4.40. The summed E-state index contributed by atoms with van der Waals surface area (Å²) in [7, 11) is 0. The average molecular weight is 382 g/mol. The van der Waals surface area contributed by atoms with Crippen molar-refractivity contribution in [3.63, 3.8) is 0 Å². The lowest BCUT2D eigenvalue weighted by molar-refractivity contribution is 0.527. The Hall–Kier alpha value is -2.27. The normalized spacial score (nSPS) is 18.2. The number of nitrogens with one attached hydrogen (secondary N) is 1. The van der Waals surface area contributed by atoms with Crippen LogP contribution in [0.1, 0.15) is 31.5 Å². The van der Waals surface area contributed by atoms with Crippen LogP contribution in [0.3, 0.4) is 0 Å². The van der Waals surface area contributed by atoms with Crippen LogP contribution in [0.25, 0.3) is 5.65 Å². The van der Waals surface area contributed by atoms with Crippen LogP contribution in [0.15, 0.2) is 42.6 Å². The van der Waals surface area contributed by atoms with Crippen molar-refractivity contribution in [1.82, 2.24) is 14.6 Å². The molecule has 6 heteroatoms. The van der Waals surface area contributed by atoms with Crippen molar-refractivity contribution in [2.45, 2.75) is 38.1 Å². The summed E-state index contributed by atoms with van der Waals surface area (Å²) in [4.78, 5) is 2.38. The topological polar surface area (TPSA) is 45.5 Å². The predicted octanol–water partition coefficient (Wildman–Crippen LogP) is 4.42. The molecule has 0 atom stereocenters. The third-order valence-corrected chi connectivity index (χ3v) is 6.08. The Morgan fingerprint density at radius 1 is 1.00 bits per heavy atom. The van der Waals surface area contributed by atoms with E-state index < -0.39 is 0 Å². The fourth-order valence-electron chi connectivity index (χ4n) is 3.96. The molecule has 0 bridgehead atoms. The lowest BCUT2D eigenvalue weighted by Crippen LogP contribution is -2.39. The van der Waals surface area contributed by atoms with Crippen LogP contribution in [-0.2, 0) is 6.42 Å². The number of rotatable bonds is 5. The number of pyridine rings is 1. The quantitative estimate of drug-likeness (QED) is 0.710. The summed E-state index contributed by atoms with van der Waals surface area (Å²) in [5.41, 5.74) is 3.06. The molecule has 5 rings (SSSR count). The summed E-state index contributed by atoms with van der Waals surface area (Å²) in [6.45, 7) is 1.98. The van der Waals surface area contributed by atoms with Crippen LogP contribution in [0.5, 0.6) is 0 Å². The van der Waals surface area contributed by atoms with Crippen molar-refractivity contribution in [2.75, 3.05) is 23.3 Å². The highest BCUT2D eigenvalue weighted by Gasteiger charge is 2.26. The van der Waals surface area contributed by atoms with Crippen LogP contribution in [0.4, 0.5) is 11.4 Å². The SMILES string of the molecule is Clc1c(N2CCC(Nc3ccccc3)CC2)ccn2c(CC3CC3)nnc12. The molecule has 0 unspecified atom stereocenters. The van der Waals surface area contributed by atoms with Gasteiger partial charge in [-0.2, -0.15) is 0 Å². The second kappa shape index (κ2) is 7.04. The molecule has 1 saturated carbocycles. The maximum Gasteiger partial charge on any atom is 0.181 e. The number of nitrogens with zero attached hydrogens (tertiary/aromatic N) is 4. The van der Waals surface area contributed by atoms with Gasteiger partial charge in [0, 0.05) is 37.4 Å². The summed E-state index contributed by atoms with van der Waals surface area (Å²) in [5, 5.41) is 13.1. The Balaban J connectivity index is 1.29. The van der Waals surface area contributed by atoms with E-state index in [1.807, 2.05) is 6.07 Å². The van der Waals surface area contributed by atoms with Crippen molar-refractivity contribution in [3.8, 4) is 0 Å². The van der Waals surface area contributed by atoms with Crippen molar-refractivity contribution in [3.05, 3.63) is 53.4 Å². The van der Waals surface area contributed by atoms with Gasteiger partial charge >= 0.3 is 0 Å². The second-order valence-electron chi connectivity index (χ2n) is 7.74. The molecule has 5 nitrogen and oxygen atoms in total. The zero-order chi connectivity index (χ0) is 18.2. The molecular formula is C21H24ClN5. The van der Waals surface area contributed by atoms with Crippen LogP contribution in [0, 0.1) is 5.92 Å². The number of benzene rings is 1. The number of anilines is 2. The molecule has 1 aliphatic carbocycles. The van der Waals surface area contributed by atoms with Gasteiger partial charge in [-0.3, -0.25) is 4.40 Å². The largest absolute Gasteiger partial charge is 0.382 e. The van der Waals surface area contributed by atoms with Crippen molar-refractivity contribution in [1.29, 1.82) is 0 Å². The van der Waals surface area contributed by atoms with E-state index in [1.54, 1.807) is 0 Å². The lowest BCUT2D eigenvalue weighted by Gasteiger charge is -2.34. The first kappa shape index (κ1) is 16.9. The molecule has 1 aliphatic heterocycles. The average Bonchev–Trinajstić information content (AvgIpc) is 3.42. The first-order chi connectivity index (χ1) is 13.3. The zero-order valence-electron chi connectivity index (χ0n) is 15.3. The van der Waals surface area contributed by atoms with Gasteiger partial charge in [0.15, 0.2) is 5.65 Å². The van der Waals surface area contributed by atoms with Gasteiger partial charge in [-0.05, 0) is 49.8 Å². The minimum atomic E-state index is 0.504. The van der Waals surface area contributed by atoms with Gasteiger partial charge in [0.2, 0.25) is 0 Å². The van der Waals surface area contributed by atoms with E-state index in [0.717, 1.165) is 60.5 Å². The van der Waals surface area contributed by atoms with E-state index in [2.05, 4.69) is 61.3 Å². The smallest absolute Gasteiger partial charge is 0.181 e. The van der Waals surface area contributed by atoms with Crippen LogP contribution in [-0.4, -0.2) is 33.7 Å². The van der Waals surface area contributed by atoms with Crippen LogP contribution >= 0.6 is 11.6 Å². The molecule has 3 aromatic rings. The fourth-order valence-corrected chi connectivity index (χ4v) is 4.27. The van der Waals surface area contributed by atoms with E-state index >= 15 is 0 Å². The molecule has 1 aromatic carbocycles. The first-order valence-electron chi connectivity index (χ1n) is 9.86. The van der Waals surface area contributed by atoms with Gasteiger partial charge in [0.1, 0.15) is 10.8 Å². The Morgan fingerprint density at radius 2 is 1.78 bits per heavy atom. The van der Waals surface area contributed by atoms with Crippen molar-refractivity contribution in [2.24, 2.45) is 5.92 Å². The Morgan fingerprint density at radius 3 is 2.52 bits per heavy atom. The number of halogens is 1. The molecule has 1 saturated heterocycles. The summed E-state index contributed by atoms with van der Waals surface area (Å²) in [5.74, 6) is 1.82. The van der Waals surface area contributed by atoms with E-state index in [9.17, 15) is 0 Å². The highest BCUT2D eigenvalue weighted by molar-refractivity contribution is 6.36. The third kappa shape index (κ3) is 3.48. The summed E-state index contributed by atoms with van der Waals surface area (Å²) in [6, 6.07) is 13.1. The van der Waals surface area contributed by atoms with Gasteiger partial charge in [-0.1, -0.05) is 29.8 Å². The predicted molar refractivity (Wildman–Crippen MR) is 110 cm³/mol. The van der Waals surface area contributed by atoms with Gasteiger partial charge in [-0.25, -0.2) is 0 Å². The molecular weight excluding hydrogens is 358 g/mol. The Bertz CT molecular complexity index is 926. The van der Waals surface area contributed by atoms with Gasteiger partial charge in [0.05, 0.1) is 5.69 Å². The number of fused-ring (bicyclic) bond motifs is 1. The molecule has 2 fully saturated rings. The molecule has 2 aromatic heterocycles. The standard InChI is InChI=1S/C21H24ClN5/c22-20-18(10-13-27-19(14-15-6-7-15)24-25-21(20)27)26-11-8-17(9-12-26)23-16-4-2-1-3-5-16/h1-5,10,13,15,17,23H,6-9,11-12,14H2. The number of hydrogen-bond acceptors (Lipinski definition) is 4. The molecule has 1 N–H and O–H groups in total. The minimum Gasteiger partial charge on any atom is -0.382 e. The van der Waals surface area contributed by atoms with Crippen molar-refractivity contribution >= 4 is 28.6 Å². The third-order valence-electron chi connectivity index (χ3n) is 5.72. The molecule has 3 heterocycles. The summed E-state index contributed by atoms with van der Waals surface area (Å²) in [6.07, 6.45) is 7.90.